The van der Waals surface area contributed by atoms with E-state index in [9.17, 15) is 19.8 Å². The smallest absolute Gasteiger partial charge is 0.353 e. The fourth-order valence-corrected chi connectivity index (χ4v) is 6.51. The standard InChI is InChI=1S/C18H26N2O4S/c1-9-14-13(10(2)21)17(22)20(14)15(18(23)24)16(9)25-12-7-19(8-12)11-5-3-4-6-11/h9-14,21H,3-8H2,1-2H3,(H,23,24). The molecule has 0 spiro atoms. The van der Waals surface area contributed by atoms with Crippen molar-refractivity contribution in [3.63, 3.8) is 0 Å². The van der Waals surface area contributed by atoms with Crippen LogP contribution in [0.5, 0.6) is 0 Å². The molecule has 138 valence electrons. The second-order valence-corrected chi connectivity index (χ2v) is 9.25. The van der Waals surface area contributed by atoms with Gasteiger partial charge in [0.15, 0.2) is 0 Å². The highest BCUT2D eigenvalue weighted by Gasteiger charge is 2.60. The highest BCUT2D eigenvalue weighted by molar-refractivity contribution is 8.03. The van der Waals surface area contributed by atoms with Gasteiger partial charge in [-0.2, -0.15) is 0 Å². The number of carboxylic acids is 1. The minimum atomic E-state index is -1.03. The van der Waals surface area contributed by atoms with Gasteiger partial charge in [0.2, 0.25) is 5.91 Å². The van der Waals surface area contributed by atoms with Crippen molar-refractivity contribution in [3.05, 3.63) is 10.6 Å². The number of carbonyl (C=O) groups excluding carboxylic acids is 1. The van der Waals surface area contributed by atoms with Crippen LogP contribution in [0.4, 0.5) is 0 Å². The Bertz CT molecular complexity index is 623. The van der Waals surface area contributed by atoms with Crippen molar-refractivity contribution in [3.8, 4) is 0 Å². The molecule has 3 heterocycles. The average Bonchev–Trinajstić information content (AvgIpc) is 3.08. The third-order valence-corrected chi connectivity index (χ3v) is 7.77. The Morgan fingerprint density at radius 2 is 1.92 bits per heavy atom. The maximum atomic E-state index is 12.3. The van der Waals surface area contributed by atoms with Gasteiger partial charge in [0.25, 0.3) is 0 Å². The summed E-state index contributed by atoms with van der Waals surface area (Å²) in [7, 11) is 0. The largest absolute Gasteiger partial charge is 0.477 e. The van der Waals surface area contributed by atoms with Gasteiger partial charge in [-0.3, -0.25) is 9.69 Å². The number of β-lactam (4-membered cyclic amide) rings is 1. The third-order valence-electron chi connectivity index (χ3n) is 6.32. The van der Waals surface area contributed by atoms with Gasteiger partial charge in [-0.15, -0.1) is 11.8 Å². The molecular formula is C18H26N2O4S. The van der Waals surface area contributed by atoms with E-state index in [-0.39, 0.29) is 23.6 Å². The third kappa shape index (κ3) is 2.62. The molecule has 0 aromatic carbocycles. The van der Waals surface area contributed by atoms with Gasteiger partial charge in [-0.1, -0.05) is 19.8 Å². The van der Waals surface area contributed by atoms with Crippen LogP contribution >= 0.6 is 11.8 Å². The summed E-state index contributed by atoms with van der Waals surface area (Å²) in [6.45, 7) is 5.63. The topological polar surface area (TPSA) is 81.1 Å². The first kappa shape index (κ1) is 17.4. The Hall–Kier alpha value is -1.05. The molecule has 1 aliphatic carbocycles. The molecule has 1 amide bonds. The van der Waals surface area contributed by atoms with Gasteiger partial charge < -0.3 is 15.1 Å². The highest BCUT2D eigenvalue weighted by atomic mass is 32.2. The molecule has 2 N–H and O–H groups in total. The summed E-state index contributed by atoms with van der Waals surface area (Å²) in [6.07, 6.45) is 4.49. The zero-order chi connectivity index (χ0) is 17.9. The molecule has 3 aliphatic heterocycles. The van der Waals surface area contributed by atoms with E-state index in [1.54, 1.807) is 18.7 Å². The van der Waals surface area contributed by atoms with Crippen molar-refractivity contribution in [1.29, 1.82) is 0 Å². The first-order valence-corrected chi connectivity index (χ1v) is 10.2. The van der Waals surface area contributed by atoms with Crippen LogP contribution in [0.15, 0.2) is 10.6 Å². The predicted octanol–water partition coefficient (Wildman–Crippen LogP) is 1.50. The zero-order valence-corrected chi connectivity index (χ0v) is 15.5. The van der Waals surface area contributed by atoms with Crippen molar-refractivity contribution in [2.45, 2.75) is 63.0 Å². The summed E-state index contributed by atoms with van der Waals surface area (Å²) in [6, 6.07) is 0.513. The number of nitrogens with zero attached hydrogens (tertiary/aromatic N) is 2. The van der Waals surface area contributed by atoms with Gasteiger partial charge in [-0.25, -0.2) is 4.79 Å². The SMILES string of the molecule is CC(O)C1C(=O)N2C(C(=O)O)=C(SC3CN(C4CCCC4)C3)C(C)C12. The van der Waals surface area contributed by atoms with Crippen LogP contribution in [-0.2, 0) is 9.59 Å². The first-order valence-electron chi connectivity index (χ1n) is 9.29. The molecule has 2 saturated heterocycles. The van der Waals surface area contributed by atoms with E-state index in [1.807, 2.05) is 6.92 Å². The van der Waals surface area contributed by atoms with Crippen LogP contribution < -0.4 is 0 Å². The zero-order valence-electron chi connectivity index (χ0n) is 14.7. The van der Waals surface area contributed by atoms with Gasteiger partial charge in [0.1, 0.15) is 5.70 Å². The van der Waals surface area contributed by atoms with Crippen LogP contribution in [-0.4, -0.2) is 68.4 Å². The lowest BCUT2D eigenvalue weighted by molar-refractivity contribution is -0.163. The first-order chi connectivity index (χ1) is 11.9. The number of amides is 1. The van der Waals surface area contributed by atoms with Crippen LogP contribution in [0.2, 0.25) is 0 Å². The highest BCUT2D eigenvalue weighted by Crippen LogP contribution is 2.52. The summed E-state index contributed by atoms with van der Waals surface area (Å²) in [5.74, 6) is -1.77. The molecule has 6 nitrogen and oxygen atoms in total. The minimum absolute atomic E-state index is 0.0195. The molecule has 25 heavy (non-hydrogen) atoms. The van der Waals surface area contributed by atoms with Crippen LogP contribution in [0.25, 0.3) is 0 Å². The molecule has 4 unspecified atom stereocenters. The van der Waals surface area contributed by atoms with Crippen LogP contribution in [0, 0.1) is 11.8 Å². The van der Waals surface area contributed by atoms with E-state index < -0.39 is 18.0 Å². The molecule has 4 rings (SSSR count). The molecular weight excluding hydrogens is 340 g/mol. The van der Waals surface area contributed by atoms with Crippen LogP contribution in [0.1, 0.15) is 39.5 Å². The lowest BCUT2D eigenvalue weighted by Crippen LogP contribution is -2.63. The summed E-state index contributed by atoms with van der Waals surface area (Å²) >= 11 is 1.65. The average molecular weight is 366 g/mol. The number of carboxylic acid groups (broad SMARTS) is 1. The summed E-state index contributed by atoms with van der Waals surface area (Å²) in [4.78, 5) is 28.9. The number of aliphatic carboxylic acids is 1. The quantitative estimate of drug-likeness (QED) is 0.718. The van der Waals surface area contributed by atoms with E-state index in [1.165, 1.54) is 30.6 Å². The maximum Gasteiger partial charge on any atom is 0.353 e. The molecule has 7 heteroatoms. The number of thioether (sulfide) groups is 1. The fourth-order valence-electron chi connectivity index (χ4n) is 4.97. The van der Waals surface area contributed by atoms with Crippen molar-refractivity contribution < 1.29 is 19.8 Å². The Morgan fingerprint density at radius 3 is 2.48 bits per heavy atom. The van der Waals surface area contributed by atoms with Crippen molar-refractivity contribution in [1.82, 2.24) is 9.80 Å². The second kappa shape index (κ2) is 6.28. The normalized spacial score (nSPS) is 34.9. The predicted molar refractivity (Wildman–Crippen MR) is 94.8 cm³/mol. The molecule has 0 aromatic heterocycles. The van der Waals surface area contributed by atoms with Crippen molar-refractivity contribution >= 4 is 23.6 Å². The van der Waals surface area contributed by atoms with E-state index in [2.05, 4.69) is 4.90 Å². The van der Waals surface area contributed by atoms with E-state index >= 15 is 0 Å². The number of hydrogen-bond donors (Lipinski definition) is 2. The van der Waals surface area contributed by atoms with Crippen molar-refractivity contribution in [2.75, 3.05) is 13.1 Å². The molecule has 4 aliphatic rings. The lowest BCUT2D eigenvalue weighted by Gasteiger charge is -2.46. The fraction of sp³-hybridized carbons (Fsp3) is 0.778. The minimum Gasteiger partial charge on any atom is -0.477 e. The Morgan fingerprint density at radius 1 is 1.28 bits per heavy atom. The number of aliphatic hydroxyl groups is 1. The summed E-state index contributed by atoms with van der Waals surface area (Å²) in [5, 5.41) is 20.0. The number of hydrogen-bond acceptors (Lipinski definition) is 5. The Labute approximate surface area is 152 Å². The Balaban J connectivity index is 1.47. The van der Waals surface area contributed by atoms with E-state index in [4.69, 9.17) is 0 Å². The molecule has 1 saturated carbocycles. The molecule has 0 radical (unpaired) electrons. The number of rotatable bonds is 5. The second-order valence-electron chi connectivity index (χ2n) is 7.90. The molecule has 0 aromatic rings. The maximum absolute atomic E-state index is 12.3. The van der Waals surface area contributed by atoms with Gasteiger partial charge in [0.05, 0.1) is 18.1 Å². The number of likely N-dealkylation sites (tertiary alicyclic amines) is 1. The number of carbonyl (C=O) groups is 2. The van der Waals surface area contributed by atoms with E-state index in [0.29, 0.717) is 11.3 Å². The number of aliphatic hydroxyl groups excluding tert-OH is 1. The van der Waals surface area contributed by atoms with Crippen molar-refractivity contribution in [2.24, 2.45) is 11.8 Å². The lowest BCUT2D eigenvalue weighted by atomic mass is 9.79. The van der Waals surface area contributed by atoms with E-state index in [0.717, 1.165) is 18.0 Å². The van der Waals surface area contributed by atoms with Gasteiger partial charge in [0, 0.05) is 35.2 Å². The summed E-state index contributed by atoms with van der Waals surface area (Å²) in [5.41, 5.74) is 0.156. The number of fused-ring (bicyclic) bond motifs is 1. The Kier molecular flexibility index (Phi) is 4.37. The van der Waals surface area contributed by atoms with Crippen LogP contribution in [0.3, 0.4) is 0 Å². The summed E-state index contributed by atoms with van der Waals surface area (Å²) < 4.78 is 0. The molecule has 3 fully saturated rings. The molecule has 0 bridgehead atoms. The monoisotopic (exact) mass is 366 g/mol. The van der Waals surface area contributed by atoms with Gasteiger partial charge in [-0.05, 0) is 19.8 Å². The molecule has 4 atom stereocenters. The van der Waals surface area contributed by atoms with Gasteiger partial charge >= 0.3 is 5.97 Å².